The average molecular weight is 623 g/mol. The predicted octanol–water partition coefficient (Wildman–Crippen LogP) is 4.00. The van der Waals surface area contributed by atoms with Crippen LogP contribution < -0.4 is 10.2 Å². The molecule has 7 rings (SSSR count). The summed E-state index contributed by atoms with van der Waals surface area (Å²) in [5, 5.41) is 10.6. The second-order valence-corrected chi connectivity index (χ2v) is 11.3. The molecule has 5 aromatic rings. The fourth-order valence-electron chi connectivity index (χ4n) is 5.79. The topological polar surface area (TPSA) is 136 Å². The third-order valence-electron chi connectivity index (χ3n) is 8.17. The molecular formula is C33H35FN10O2. The van der Waals surface area contributed by atoms with Crippen LogP contribution in [-0.4, -0.2) is 97.6 Å². The van der Waals surface area contributed by atoms with E-state index in [0.29, 0.717) is 30.2 Å². The Morgan fingerprint density at radius 1 is 1.00 bits per heavy atom. The summed E-state index contributed by atoms with van der Waals surface area (Å²) in [7, 11) is 0. The number of hydrogen-bond donors (Lipinski definition) is 2. The number of likely N-dealkylation sites (tertiary alicyclic amines) is 1. The van der Waals surface area contributed by atoms with Gasteiger partial charge in [-0.3, -0.25) is 19.6 Å². The summed E-state index contributed by atoms with van der Waals surface area (Å²) in [6, 6.07) is 13.5. The van der Waals surface area contributed by atoms with Crippen molar-refractivity contribution < 1.29 is 14.0 Å². The van der Waals surface area contributed by atoms with E-state index >= 15 is 0 Å². The second-order valence-electron chi connectivity index (χ2n) is 11.3. The lowest BCUT2D eigenvalue weighted by Crippen LogP contribution is -2.56. The smallest absolute Gasteiger partial charge is 0.237 e. The molecule has 3 aromatic heterocycles. The molecule has 0 spiro atoms. The van der Waals surface area contributed by atoms with Crippen LogP contribution in [0.25, 0.3) is 33.7 Å². The average Bonchev–Trinajstić information content (AvgIpc) is 3.76. The molecular weight excluding hydrogens is 587 g/mol. The third kappa shape index (κ3) is 7.15. The number of halogens is 1. The SMILES string of the molecule is C[C@@H]1CN(c2cnc(-c3ncccn3)cn2)CCN1C(=O)CN1CCCC1.O=CNc1ccc2[nH]nc(-c3ccc(F)cc3)c2c1. The lowest BCUT2D eigenvalue weighted by atomic mass is 10.1. The summed E-state index contributed by atoms with van der Waals surface area (Å²) in [4.78, 5) is 46.9. The molecule has 13 heteroatoms. The highest BCUT2D eigenvalue weighted by Gasteiger charge is 2.29. The predicted molar refractivity (Wildman–Crippen MR) is 173 cm³/mol. The number of aromatic nitrogens is 6. The monoisotopic (exact) mass is 622 g/mol. The summed E-state index contributed by atoms with van der Waals surface area (Å²) in [6.45, 7) is 7.01. The van der Waals surface area contributed by atoms with Gasteiger partial charge in [-0.15, -0.1) is 0 Å². The first-order valence-electron chi connectivity index (χ1n) is 15.3. The fraction of sp³-hybridized carbons (Fsp3) is 0.303. The Kier molecular flexibility index (Phi) is 9.48. The van der Waals surface area contributed by atoms with Crippen LogP contribution in [0.1, 0.15) is 19.8 Å². The van der Waals surface area contributed by atoms with Crippen LogP contribution in [0.2, 0.25) is 0 Å². The van der Waals surface area contributed by atoms with Gasteiger partial charge < -0.3 is 15.1 Å². The van der Waals surface area contributed by atoms with Crippen molar-refractivity contribution in [2.45, 2.75) is 25.8 Å². The minimum Gasteiger partial charge on any atom is -0.352 e. The number of H-pyrrole nitrogens is 1. The number of rotatable bonds is 7. The summed E-state index contributed by atoms with van der Waals surface area (Å²) < 4.78 is 12.9. The van der Waals surface area contributed by atoms with E-state index in [-0.39, 0.29) is 17.8 Å². The zero-order chi connectivity index (χ0) is 31.9. The van der Waals surface area contributed by atoms with Crippen molar-refractivity contribution in [3.05, 3.63) is 79.1 Å². The highest BCUT2D eigenvalue weighted by atomic mass is 19.1. The lowest BCUT2D eigenvalue weighted by Gasteiger charge is -2.40. The number of hydrogen-bond acceptors (Lipinski definition) is 9. The van der Waals surface area contributed by atoms with Crippen LogP contribution >= 0.6 is 0 Å². The van der Waals surface area contributed by atoms with Crippen LogP contribution in [0.3, 0.4) is 0 Å². The van der Waals surface area contributed by atoms with Crippen molar-refractivity contribution in [2.75, 3.05) is 49.5 Å². The molecule has 2 amide bonds. The summed E-state index contributed by atoms with van der Waals surface area (Å²) in [5.41, 5.74) is 3.75. The van der Waals surface area contributed by atoms with Crippen molar-refractivity contribution in [1.29, 1.82) is 0 Å². The molecule has 2 aromatic carbocycles. The molecule has 0 bridgehead atoms. The molecule has 0 radical (unpaired) electrons. The van der Waals surface area contributed by atoms with E-state index in [4.69, 9.17) is 0 Å². The Morgan fingerprint density at radius 3 is 2.48 bits per heavy atom. The summed E-state index contributed by atoms with van der Waals surface area (Å²) in [6.07, 6.45) is 9.90. The van der Waals surface area contributed by atoms with Crippen LogP contribution in [0.15, 0.2) is 73.3 Å². The number of piperazine rings is 1. The first kappa shape index (κ1) is 30.7. The number of anilines is 2. The second kappa shape index (κ2) is 14.2. The molecule has 5 heterocycles. The summed E-state index contributed by atoms with van der Waals surface area (Å²) >= 11 is 0. The number of amides is 2. The molecule has 0 saturated carbocycles. The minimum atomic E-state index is -0.285. The van der Waals surface area contributed by atoms with Gasteiger partial charge in [0.1, 0.15) is 17.3 Å². The maximum atomic E-state index is 12.9. The molecule has 2 aliphatic rings. The normalized spacial score (nSPS) is 16.6. The molecule has 2 saturated heterocycles. The highest BCUT2D eigenvalue weighted by Crippen LogP contribution is 2.28. The van der Waals surface area contributed by atoms with Crippen LogP contribution in [0.5, 0.6) is 0 Å². The van der Waals surface area contributed by atoms with Crippen molar-refractivity contribution in [3.63, 3.8) is 0 Å². The Bertz CT molecular complexity index is 1760. The molecule has 2 N–H and O–H groups in total. The van der Waals surface area contributed by atoms with E-state index in [9.17, 15) is 14.0 Å². The van der Waals surface area contributed by atoms with Crippen LogP contribution in [0.4, 0.5) is 15.9 Å². The quantitative estimate of drug-likeness (QED) is 0.258. The van der Waals surface area contributed by atoms with Gasteiger partial charge in [0, 0.05) is 54.7 Å². The van der Waals surface area contributed by atoms with Gasteiger partial charge in [-0.2, -0.15) is 5.10 Å². The zero-order valence-corrected chi connectivity index (χ0v) is 25.5. The maximum absolute atomic E-state index is 12.9. The molecule has 2 fully saturated rings. The number of fused-ring (bicyclic) bond motifs is 1. The summed E-state index contributed by atoms with van der Waals surface area (Å²) in [5.74, 6) is 1.36. The van der Waals surface area contributed by atoms with Crippen LogP contribution in [0, 0.1) is 5.82 Å². The number of benzene rings is 2. The number of nitrogens with zero attached hydrogens (tertiary/aromatic N) is 8. The lowest BCUT2D eigenvalue weighted by molar-refractivity contribution is -0.134. The number of carbonyl (C=O) groups is 2. The van der Waals surface area contributed by atoms with Crippen molar-refractivity contribution in [2.24, 2.45) is 0 Å². The Morgan fingerprint density at radius 2 is 1.78 bits per heavy atom. The maximum Gasteiger partial charge on any atom is 0.237 e. The van der Waals surface area contributed by atoms with E-state index in [0.717, 1.165) is 60.7 Å². The van der Waals surface area contributed by atoms with Gasteiger partial charge in [0.05, 0.1) is 30.1 Å². The fourth-order valence-corrected chi connectivity index (χ4v) is 5.79. The first-order valence-corrected chi connectivity index (χ1v) is 15.3. The van der Waals surface area contributed by atoms with E-state index in [1.54, 1.807) is 49.1 Å². The molecule has 0 unspecified atom stereocenters. The Labute approximate surface area is 265 Å². The number of carbonyl (C=O) groups excluding carboxylic acids is 2. The number of aromatic amines is 1. The largest absolute Gasteiger partial charge is 0.352 e. The minimum absolute atomic E-state index is 0.160. The van der Waals surface area contributed by atoms with Crippen molar-refractivity contribution >= 4 is 34.7 Å². The van der Waals surface area contributed by atoms with Crippen molar-refractivity contribution in [3.8, 4) is 22.8 Å². The van der Waals surface area contributed by atoms with Crippen LogP contribution in [-0.2, 0) is 9.59 Å². The van der Waals surface area contributed by atoms with E-state index in [1.165, 1.54) is 25.0 Å². The zero-order valence-electron chi connectivity index (χ0n) is 25.5. The number of nitrogens with one attached hydrogen (secondary N) is 2. The molecule has 12 nitrogen and oxygen atoms in total. The first-order chi connectivity index (χ1) is 22.5. The van der Waals surface area contributed by atoms with Gasteiger partial charge in [0.2, 0.25) is 12.3 Å². The van der Waals surface area contributed by atoms with Crippen molar-refractivity contribution in [1.82, 2.24) is 39.9 Å². The molecule has 2 aliphatic heterocycles. The van der Waals surface area contributed by atoms with E-state index in [1.807, 2.05) is 17.0 Å². The van der Waals surface area contributed by atoms with Gasteiger partial charge in [0.15, 0.2) is 5.82 Å². The Balaban J connectivity index is 0.000000172. The molecule has 0 aliphatic carbocycles. The highest BCUT2D eigenvalue weighted by molar-refractivity contribution is 5.95. The molecule has 236 valence electrons. The van der Waals surface area contributed by atoms with Gasteiger partial charge >= 0.3 is 0 Å². The van der Waals surface area contributed by atoms with E-state index in [2.05, 4.69) is 52.2 Å². The molecule has 46 heavy (non-hydrogen) atoms. The van der Waals surface area contributed by atoms with Gasteiger partial charge in [0.25, 0.3) is 0 Å². The standard InChI is InChI=1S/C19H25N7O.C14H10FN3O/c1-15-13-25(9-10-26(15)18(27)14-24-7-2-3-8-24)17-12-22-16(11-23-17)19-20-5-4-6-21-19;15-10-3-1-9(2-4-10)14-12-7-11(16-8-19)5-6-13(12)17-18-14/h4-6,11-12,15H,2-3,7-10,13-14H2,1H3;1-8H,(H,16,19)(H,17,18)/t15-;/m1./s1. The van der Waals surface area contributed by atoms with Gasteiger partial charge in [-0.05, 0) is 81.4 Å². The van der Waals surface area contributed by atoms with E-state index < -0.39 is 0 Å². The third-order valence-corrected chi connectivity index (χ3v) is 8.17. The molecule has 1 atom stereocenters. The van der Waals surface area contributed by atoms with Gasteiger partial charge in [-0.25, -0.2) is 24.3 Å². The van der Waals surface area contributed by atoms with Gasteiger partial charge in [-0.1, -0.05) is 0 Å². The Hall–Kier alpha value is -5.30.